The molecule has 0 atom stereocenters. The number of benzene rings is 1. The average molecular weight is 413 g/mol. The lowest BCUT2D eigenvalue weighted by Crippen LogP contribution is -2.16. The summed E-state index contributed by atoms with van der Waals surface area (Å²) in [4.78, 5) is 12.4. The van der Waals surface area contributed by atoms with E-state index in [9.17, 15) is 4.79 Å². The maximum Gasteiger partial charge on any atom is 0.234 e. The number of rotatable bonds is 8. The molecule has 1 N–H and O–H groups in total. The van der Waals surface area contributed by atoms with Crippen LogP contribution in [-0.2, 0) is 4.79 Å². The Balaban J connectivity index is 2.12. The number of amides is 1. The van der Waals surface area contributed by atoms with Crippen LogP contribution in [0.25, 0.3) is 0 Å². The number of halogens is 1. The smallest absolute Gasteiger partial charge is 0.234 e. The fraction of sp³-hybridized carbons (Fsp3) is 0.500. The van der Waals surface area contributed by atoms with Crippen LogP contribution < -0.4 is 14.8 Å². The van der Waals surface area contributed by atoms with Crippen molar-refractivity contribution in [2.24, 2.45) is 0 Å². The number of hydrogen-bond acceptors (Lipinski definition) is 6. The number of nitrogens with zero attached hydrogens (tertiary/aromatic N) is 3. The van der Waals surface area contributed by atoms with Gasteiger partial charge in [0.25, 0.3) is 0 Å². The summed E-state index contributed by atoms with van der Waals surface area (Å²) in [5.74, 6) is 2.10. The summed E-state index contributed by atoms with van der Waals surface area (Å²) in [6, 6.07) is 3.45. The molecule has 7 nitrogen and oxygen atoms in total. The molecule has 27 heavy (non-hydrogen) atoms. The van der Waals surface area contributed by atoms with Gasteiger partial charge >= 0.3 is 0 Å². The first-order valence-corrected chi connectivity index (χ1v) is 9.93. The normalized spacial score (nSPS) is 11.1. The third-order valence-corrected chi connectivity index (χ3v) is 5.04. The lowest BCUT2D eigenvalue weighted by atomic mass is 10.2. The van der Waals surface area contributed by atoms with Gasteiger partial charge in [0.15, 0.2) is 5.16 Å². The summed E-state index contributed by atoms with van der Waals surface area (Å²) in [5.41, 5.74) is 0.498. The van der Waals surface area contributed by atoms with Gasteiger partial charge in [0.05, 0.1) is 30.7 Å². The second-order valence-electron chi connectivity index (χ2n) is 6.48. The molecule has 2 rings (SSSR count). The minimum atomic E-state index is -0.188. The monoisotopic (exact) mass is 412 g/mol. The number of aromatic nitrogens is 3. The van der Waals surface area contributed by atoms with Gasteiger partial charge in [0, 0.05) is 24.1 Å². The molecule has 0 saturated carbocycles. The molecule has 1 aromatic carbocycles. The van der Waals surface area contributed by atoms with Crippen molar-refractivity contribution in [3.63, 3.8) is 0 Å². The van der Waals surface area contributed by atoms with Gasteiger partial charge < -0.3 is 19.4 Å². The third kappa shape index (κ3) is 5.07. The molecular weight excluding hydrogens is 388 g/mol. The summed E-state index contributed by atoms with van der Waals surface area (Å²) in [6.07, 6.45) is 0. The Labute approximate surface area is 168 Å². The first kappa shape index (κ1) is 21.4. The van der Waals surface area contributed by atoms with E-state index in [1.54, 1.807) is 12.1 Å². The number of hydrogen-bond donors (Lipinski definition) is 1. The highest BCUT2D eigenvalue weighted by atomic mass is 35.5. The lowest BCUT2D eigenvalue weighted by Gasteiger charge is -2.15. The van der Waals surface area contributed by atoms with Crippen molar-refractivity contribution in [1.82, 2.24) is 14.8 Å². The maximum atomic E-state index is 12.4. The van der Waals surface area contributed by atoms with Crippen molar-refractivity contribution < 1.29 is 14.3 Å². The van der Waals surface area contributed by atoms with Gasteiger partial charge in [-0.25, -0.2) is 0 Å². The van der Waals surface area contributed by atoms with Crippen LogP contribution in [0.5, 0.6) is 11.5 Å². The highest BCUT2D eigenvalue weighted by molar-refractivity contribution is 7.99. The Bertz CT molecular complexity index is 808. The van der Waals surface area contributed by atoms with E-state index < -0.39 is 0 Å². The summed E-state index contributed by atoms with van der Waals surface area (Å²) < 4.78 is 12.5. The van der Waals surface area contributed by atoms with Crippen molar-refractivity contribution in [1.29, 1.82) is 0 Å². The number of carbonyl (C=O) groups excluding carboxylic acids is 1. The Morgan fingerprint density at radius 2 is 1.85 bits per heavy atom. The van der Waals surface area contributed by atoms with E-state index in [2.05, 4.69) is 47.8 Å². The number of ether oxygens (including phenoxy) is 2. The first-order valence-electron chi connectivity index (χ1n) is 8.57. The second kappa shape index (κ2) is 9.32. The molecule has 2 aromatic rings. The third-order valence-electron chi connectivity index (χ3n) is 3.80. The quantitative estimate of drug-likeness (QED) is 0.648. The van der Waals surface area contributed by atoms with E-state index in [0.29, 0.717) is 22.2 Å². The van der Waals surface area contributed by atoms with Crippen LogP contribution in [0.2, 0.25) is 5.02 Å². The standard InChI is InChI=1S/C18H25ClN4O3S/c1-10(2)17-21-22-18(23(17)11(3)4)27-9-16(24)20-13-8-14(25-5)12(19)7-15(13)26-6/h7-8,10-11H,9H2,1-6H3,(H,20,24). The summed E-state index contributed by atoms with van der Waals surface area (Å²) in [7, 11) is 3.03. The Morgan fingerprint density at radius 3 is 2.41 bits per heavy atom. The SMILES string of the molecule is COc1cc(NC(=O)CSc2nnc(C(C)C)n2C(C)C)c(OC)cc1Cl. The molecule has 0 radical (unpaired) electrons. The van der Waals surface area contributed by atoms with Gasteiger partial charge in [-0.2, -0.15) is 0 Å². The van der Waals surface area contributed by atoms with Gasteiger partial charge in [-0.05, 0) is 13.8 Å². The first-order chi connectivity index (χ1) is 12.8. The highest BCUT2D eigenvalue weighted by Gasteiger charge is 2.19. The molecule has 0 fully saturated rings. The average Bonchev–Trinajstić information content (AvgIpc) is 3.05. The predicted octanol–water partition coefficient (Wildman–Crippen LogP) is 4.38. The Hall–Kier alpha value is -1.93. The van der Waals surface area contributed by atoms with E-state index in [1.165, 1.54) is 26.0 Å². The highest BCUT2D eigenvalue weighted by Crippen LogP contribution is 2.36. The number of nitrogens with one attached hydrogen (secondary N) is 1. The van der Waals surface area contributed by atoms with Crippen LogP contribution >= 0.6 is 23.4 Å². The van der Waals surface area contributed by atoms with E-state index in [1.807, 2.05) is 0 Å². The fourth-order valence-corrected chi connectivity index (χ4v) is 3.65. The zero-order valence-electron chi connectivity index (χ0n) is 16.4. The van der Waals surface area contributed by atoms with Gasteiger partial charge in [-0.1, -0.05) is 37.2 Å². The molecule has 148 valence electrons. The Morgan fingerprint density at radius 1 is 1.19 bits per heavy atom. The molecule has 1 aromatic heterocycles. The van der Waals surface area contributed by atoms with Crippen molar-refractivity contribution in [2.45, 2.75) is 44.8 Å². The van der Waals surface area contributed by atoms with E-state index >= 15 is 0 Å². The van der Waals surface area contributed by atoms with Gasteiger partial charge in [-0.3, -0.25) is 4.79 Å². The minimum absolute atomic E-state index is 0.188. The summed E-state index contributed by atoms with van der Waals surface area (Å²) >= 11 is 7.44. The van der Waals surface area contributed by atoms with Crippen LogP contribution in [-0.4, -0.2) is 40.6 Å². The molecule has 0 unspecified atom stereocenters. The van der Waals surface area contributed by atoms with Crippen LogP contribution in [0.4, 0.5) is 5.69 Å². The number of methoxy groups -OCH3 is 2. The molecule has 0 aliphatic heterocycles. The summed E-state index contributed by atoms with van der Waals surface area (Å²) in [5, 5.41) is 12.5. The predicted molar refractivity (Wildman–Crippen MR) is 108 cm³/mol. The molecule has 0 bridgehead atoms. The topological polar surface area (TPSA) is 78.3 Å². The maximum absolute atomic E-state index is 12.4. The molecular formula is C18H25ClN4O3S. The van der Waals surface area contributed by atoms with E-state index in [0.717, 1.165) is 11.0 Å². The molecule has 9 heteroatoms. The molecule has 0 saturated heterocycles. The Kier molecular flexibility index (Phi) is 7.38. The zero-order valence-corrected chi connectivity index (χ0v) is 17.9. The number of anilines is 1. The largest absolute Gasteiger partial charge is 0.495 e. The van der Waals surface area contributed by atoms with Crippen molar-refractivity contribution in [3.8, 4) is 11.5 Å². The molecule has 1 amide bonds. The van der Waals surface area contributed by atoms with Crippen LogP contribution in [0, 0.1) is 0 Å². The van der Waals surface area contributed by atoms with E-state index in [-0.39, 0.29) is 23.6 Å². The van der Waals surface area contributed by atoms with Gasteiger partial charge in [0.2, 0.25) is 5.91 Å². The van der Waals surface area contributed by atoms with Crippen LogP contribution in [0.15, 0.2) is 17.3 Å². The van der Waals surface area contributed by atoms with Crippen molar-refractivity contribution >= 4 is 35.0 Å². The lowest BCUT2D eigenvalue weighted by molar-refractivity contribution is -0.113. The van der Waals surface area contributed by atoms with Gasteiger partial charge in [-0.15, -0.1) is 10.2 Å². The molecule has 0 spiro atoms. The van der Waals surface area contributed by atoms with Gasteiger partial charge in [0.1, 0.15) is 17.3 Å². The van der Waals surface area contributed by atoms with Crippen LogP contribution in [0.3, 0.4) is 0 Å². The number of carbonyl (C=O) groups is 1. The second-order valence-corrected chi connectivity index (χ2v) is 7.83. The zero-order chi connectivity index (χ0) is 20.1. The minimum Gasteiger partial charge on any atom is -0.495 e. The van der Waals surface area contributed by atoms with Crippen molar-refractivity contribution in [2.75, 3.05) is 25.3 Å². The van der Waals surface area contributed by atoms with E-state index in [4.69, 9.17) is 21.1 Å². The van der Waals surface area contributed by atoms with Crippen LogP contribution in [0.1, 0.15) is 45.5 Å². The summed E-state index contributed by atoms with van der Waals surface area (Å²) in [6.45, 7) is 8.29. The fourth-order valence-electron chi connectivity index (χ4n) is 2.54. The molecule has 1 heterocycles. The molecule has 0 aliphatic carbocycles. The molecule has 0 aliphatic rings. The van der Waals surface area contributed by atoms with Crippen molar-refractivity contribution in [3.05, 3.63) is 23.0 Å². The number of thioether (sulfide) groups is 1.